The second-order valence-corrected chi connectivity index (χ2v) is 6.98. The van der Waals surface area contributed by atoms with Crippen molar-refractivity contribution in [3.05, 3.63) is 58.7 Å². The van der Waals surface area contributed by atoms with Gasteiger partial charge in [-0.25, -0.2) is 0 Å². The second kappa shape index (κ2) is 12.6. The maximum Gasteiger partial charge on any atom is 2.00 e. The third kappa shape index (κ3) is 7.50. The van der Waals surface area contributed by atoms with Gasteiger partial charge in [-0.2, -0.15) is 0 Å². The van der Waals surface area contributed by atoms with Gasteiger partial charge in [-0.1, -0.05) is 87.1 Å². The number of hydrogen-bond donors (Lipinski definition) is 0. The largest absolute Gasteiger partial charge is 2.00 e. The molecule has 0 saturated heterocycles. The van der Waals surface area contributed by atoms with Crippen molar-refractivity contribution in [2.24, 2.45) is 0 Å². The number of unbranched alkanes of at least 4 members (excludes halogenated alkanes) is 4. The van der Waals surface area contributed by atoms with Gasteiger partial charge in [0, 0.05) is 0 Å². The summed E-state index contributed by atoms with van der Waals surface area (Å²) >= 11 is 0. The Bertz CT molecular complexity index is 610. The summed E-state index contributed by atoms with van der Waals surface area (Å²) in [6.45, 7) is 4.38. The maximum atomic E-state index is 12.2. The Morgan fingerprint density at radius 2 is 1.08 bits per heavy atom. The standard InChI is InChI=1S/C23H32O2.Ca/c1-3-5-7-9-18-11-13-22(24)20(15-18)17-21-16-19(10-8-6-4-2)12-14-23(21)25;/h11-16,24-25H,3-10,17H2,1-2H3;/q;+2/p-2. The summed E-state index contributed by atoms with van der Waals surface area (Å²) in [5.41, 5.74) is 3.90. The third-order valence-electron chi connectivity index (χ3n) is 4.77. The molecule has 0 spiro atoms. The number of aryl methyl sites for hydroxylation is 2. The molecule has 0 amide bonds. The van der Waals surface area contributed by atoms with E-state index < -0.39 is 0 Å². The first-order valence-corrected chi connectivity index (χ1v) is 9.71. The summed E-state index contributed by atoms with van der Waals surface area (Å²) < 4.78 is 0. The fourth-order valence-electron chi connectivity index (χ4n) is 3.22. The normalized spacial score (nSPS) is 10.5. The van der Waals surface area contributed by atoms with Crippen molar-refractivity contribution in [1.82, 2.24) is 0 Å². The Morgan fingerprint density at radius 3 is 1.46 bits per heavy atom. The molecule has 0 heterocycles. The van der Waals surface area contributed by atoms with Gasteiger partial charge in [-0.3, -0.25) is 0 Å². The molecule has 0 bridgehead atoms. The Kier molecular flexibility index (Phi) is 11.4. The second-order valence-electron chi connectivity index (χ2n) is 6.98. The van der Waals surface area contributed by atoms with Crippen LogP contribution < -0.4 is 10.2 Å². The Balaban J connectivity index is 0.00000338. The molecule has 0 N–H and O–H groups in total. The van der Waals surface area contributed by atoms with Crippen LogP contribution in [0.25, 0.3) is 0 Å². The van der Waals surface area contributed by atoms with E-state index in [9.17, 15) is 10.2 Å². The summed E-state index contributed by atoms with van der Waals surface area (Å²) in [6, 6.07) is 11.2. The van der Waals surface area contributed by atoms with Gasteiger partial charge in [-0.05, 0) is 43.2 Å². The van der Waals surface area contributed by atoms with Gasteiger partial charge in [-0.15, -0.1) is 11.5 Å². The summed E-state index contributed by atoms with van der Waals surface area (Å²) in [5, 5.41) is 24.4. The molecule has 0 atom stereocenters. The molecule has 0 aliphatic carbocycles. The van der Waals surface area contributed by atoms with Crippen molar-refractivity contribution in [2.45, 2.75) is 71.6 Å². The van der Waals surface area contributed by atoms with E-state index in [0.29, 0.717) is 6.42 Å². The average Bonchev–Trinajstić information content (AvgIpc) is 2.61. The van der Waals surface area contributed by atoms with E-state index in [1.807, 2.05) is 24.3 Å². The molecule has 0 unspecified atom stereocenters. The van der Waals surface area contributed by atoms with Gasteiger partial charge in [0.15, 0.2) is 0 Å². The van der Waals surface area contributed by atoms with Crippen LogP contribution in [0.4, 0.5) is 0 Å². The van der Waals surface area contributed by atoms with Crippen LogP contribution >= 0.6 is 0 Å². The van der Waals surface area contributed by atoms with E-state index in [2.05, 4.69) is 13.8 Å². The molecule has 2 rings (SSSR count). The number of hydrogen-bond acceptors (Lipinski definition) is 2. The molecular formula is C23H30CaO2. The minimum absolute atomic E-state index is 0. The molecule has 0 aromatic heterocycles. The SMILES string of the molecule is CCCCCc1ccc([O-])c(Cc2cc(CCCCC)ccc2[O-])c1.[Ca+2]. The molecule has 0 fully saturated rings. The Hall–Kier alpha value is -0.700. The van der Waals surface area contributed by atoms with E-state index in [4.69, 9.17) is 0 Å². The molecule has 2 nitrogen and oxygen atoms in total. The van der Waals surface area contributed by atoms with Crippen LogP contribution in [0, 0.1) is 0 Å². The van der Waals surface area contributed by atoms with Crippen LogP contribution in [0.5, 0.6) is 11.5 Å². The minimum Gasteiger partial charge on any atom is -0.872 e. The fourth-order valence-corrected chi connectivity index (χ4v) is 3.22. The molecule has 136 valence electrons. The monoisotopic (exact) mass is 378 g/mol. The molecule has 3 heteroatoms. The first-order chi connectivity index (χ1) is 12.1. The molecule has 0 aliphatic rings. The van der Waals surface area contributed by atoms with Crippen molar-refractivity contribution < 1.29 is 10.2 Å². The summed E-state index contributed by atoms with van der Waals surface area (Å²) in [4.78, 5) is 0. The first kappa shape index (κ1) is 23.3. The zero-order valence-corrected chi connectivity index (χ0v) is 18.6. The first-order valence-electron chi connectivity index (χ1n) is 9.71. The van der Waals surface area contributed by atoms with Gasteiger partial charge in [0.25, 0.3) is 0 Å². The van der Waals surface area contributed by atoms with E-state index in [1.54, 1.807) is 12.1 Å². The molecule has 0 saturated carbocycles. The Morgan fingerprint density at radius 1 is 0.654 bits per heavy atom. The topological polar surface area (TPSA) is 46.1 Å². The van der Waals surface area contributed by atoms with Gasteiger partial charge in [0.2, 0.25) is 0 Å². The van der Waals surface area contributed by atoms with Crippen molar-refractivity contribution in [3.8, 4) is 11.5 Å². The molecule has 2 aromatic rings. The molecule has 0 radical (unpaired) electrons. The summed E-state index contributed by atoms with van der Waals surface area (Å²) in [7, 11) is 0. The van der Waals surface area contributed by atoms with Gasteiger partial charge in [0.05, 0.1) is 0 Å². The van der Waals surface area contributed by atoms with Crippen molar-refractivity contribution in [3.63, 3.8) is 0 Å². The quantitative estimate of drug-likeness (QED) is 0.451. The van der Waals surface area contributed by atoms with Crippen LogP contribution in [0.3, 0.4) is 0 Å². The maximum absolute atomic E-state index is 12.2. The van der Waals surface area contributed by atoms with Gasteiger partial charge in [0.1, 0.15) is 0 Å². The molecule has 0 aliphatic heterocycles. The number of benzene rings is 2. The predicted octanol–water partition coefficient (Wildman–Crippen LogP) is 4.51. The predicted molar refractivity (Wildman–Crippen MR) is 107 cm³/mol. The zero-order chi connectivity index (χ0) is 18.1. The smallest absolute Gasteiger partial charge is 0.872 e. The summed E-state index contributed by atoms with van der Waals surface area (Å²) in [5.74, 6) is 0.0741. The fraction of sp³-hybridized carbons (Fsp3) is 0.478. The summed E-state index contributed by atoms with van der Waals surface area (Å²) in [6.07, 6.45) is 9.54. The molecule has 2 aromatic carbocycles. The van der Waals surface area contributed by atoms with Crippen LogP contribution in [-0.2, 0) is 19.3 Å². The molecule has 26 heavy (non-hydrogen) atoms. The minimum atomic E-state index is 0. The third-order valence-corrected chi connectivity index (χ3v) is 4.77. The van der Waals surface area contributed by atoms with E-state index in [0.717, 1.165) is 36.8 Å². The zero-order valence-electron chi connectivity index (χ0n) is 16.4. The van der Waals surface area contributed by atoms with Crippen LogP contribution in [0.15, 0.2) is 36.4 Å². The Labute approximate surface area is 188 Å². The van der Waals surface area contributed by atoms with Crippen LogP contribution in [0.2, 0.25) is 0 Å². The van der Waals surface area contributed by atoms with Crippen molar-refractivity contribution in [1.29, 1.82) is 0 Å². The van der Waals surface area contributed by atoms with Crippen molar-refractivity contribution in [2.75, 3.05) is 0 Å². The molecular weight excluding hydrogens is 348 g/mol. The van der Waals surface area contributed by atoms with Crippen LogP contribution in [-0.4, -0.2) is 37.7 Å². The van der Waals surface area contributed by atoms with Crippen LogP contribution in [0.1, 0.15) is 74.6 Å². The van der Waals surface area contributed by atoms with E-state index >= 15 is 0 Å². The number of rotatable bonds is 10. The van der Waals surface area contributed by atoms with Gasteiger partial charge < -0.3 is 10.2 Å². The van der Waals surface area contributed by atoms with E-state index in [-0.39, 0.29) is 49.2 Å². The van der Waals surface area contributed by atoms with E-state index in [1.165, 1.54) is 36.8 Å². The average molecular weight is 379 g/mol. The van der Waals surface area contributed by atoms with Crippen molar-refractivity contribution >= 4 is 37.7 Å². The van der Waals surface area contributed by atoms with Gasteiger partial charge >= 0.3 is 37.7 Å².